The van der Waals surface area contributed by atoms with Crippen LogP contribution in [0.1, 0.15) is 66.4 Å². The van der Waals surface area contributed by atoms with Gasteiger partial charge < -0.3 is 21.3 Å². The molecule has 0 saturated heterocycles. The van der Waals surface area contributed by atoms with Crippen LogP contribution >= 0.6 is 11.8 Å². The molecule has 1 aromatic carbocycles. The van der Waals surface area contributed by atoms with Crippen LogP contribution in [-0.4, -0.2) is 65.6 Å². The Bertz CT molecular complexity index is 956. The van der Waals surface area contributed by atoms with E-state index in [4.69, 9.17) is 0 Å². The number of hydrogen-bond acceptors (Lipinski definition) is 6. The molecule has 5 atom stereocenters. The molecule has 1 rings (SSSR count). The molecule has 0 spiro atoms. The zero-order chi connectivity index (χ0) is 29.5. The van der Waals surface area contributed by atoms with Gasteiger partial charge in [0, 0.05) is 13.3 Å². The van der Waals surface area contributed by atoms with E-state index in [0.717, 1.165) is 5.56 Å². The van der Waals surface area contributed by atoms with Crippen molar-refractivity contribution in [1.82, 2.24) is 21.3 Å². The second kappa shape index (κ2) is 17.7. The Morgan fingerprint density at radius 1 is 0.795 bits per heavy atom. The average molecular weight is 563 g/mol. The lowest BCUT2D eigenvalue weighted by molar-refractivity contribution is -0.135. The molecular weight excluding hydrogens is 516 g/mol. The van der Waals surface area contributed by atoms with Gasteiger partial charge in [0.25, 0.3) is 0 Å². The van der Waals surface area contributed by atoms with Crippen molar-refractivity contribution in [2.75, 3.05) is 12.0 Å². The monoisotopic (exact) mass is 562 g/mol. The summed E-state index contributed by atoms with van der Waals surface area (Å²) in [4.78, 5) is 64.0. The number of hydrogen-bond donors (Lipinski definition) is 4. The molecule has 0 aliphatic carbocycles. The maximum Gasteiger partial charge on any atom is 0.243 e. The number of carbonyl (C=O) groups excluding carboxylic acids is 5. The van der Waals surface area contributed by atoms with Crippen molar-refractivity contribution in [2.45, 2.75) is 91.4 Å². The Morgan fingerprint density at radius 2 is 1.38 bits per heavy atom. The summed E-state index contributed by atoms with van der Waals surface area (Å²) in [6.07, 6.45) is 3.63. The standard InChI is InChI=1S/C29H46N4O5S/c1-8-19(4)26(33-27(36)23(14-15-39-7)30-21(6)35)29(38)32-25(17-22-12-10-9-11-13-22)28(37)31-24(20(5)34)16-18(2)3/h9-13,18-19,23-26H,8,14-17H2,1-7H3,(H,30,35)(H,31,37)(H,32,38)(H,33,36). The number of rotatable bonds is 17. The predicted molar refractivity (Wildman–Crippen MR) is 156 cm³/mol. The Balaban J connectivity index is 3.20. The van der Waals surface area contributed by atoms with Crippen molar-refractivity contribution < 1.29 is 24.0 Å². The fourth-order valence-corrected chi connectivity index (χ4v) is 4.57. The van der Waals surface area contributed by atoms with E-state index in [0.29, 0.717) is 25.0 Å². The normalized spacial score (nSPS) is 14.9. The summed E-state index contributed by atoms with van der Waals surface area (Å²) in [7, 11) is 0. The highest BCUT2D eigenvalue weighted by molar-refractivity contribution is 7.98. The van der Waals surface area contributed by atoms with E-state index in [2.05, 4.69) is 21.3 Å². The summed E-state index contributed by atoms with van der Waals surface area (Å²) in [5, 5.41) is 11.1. The molecule has 218 valence electrons. The first-order valence-electron chi connectivity index (χ1n) is 13.6. The van der Waals surface area contributed by atoms with Crippen LogP contribution in [0.25, 0.3) is 0 Å². The van der Waals surface area contributed by atoms with Gasteiger partial charge in [-0.2, -0.15) is 11.8 Å². The van der Waals surface area contributed by atoms with Gasteiger partial charge in [-0.1, -0.05) is 64.4 Å². The number of benzene rings is 1. The highest BCUT2D eigenvalue weighted by Gasteiger charge is 2.33. The summed E-state index contributed by atoms with van der Waals surface area (Å²) in [5.41, 5.74) is 0.841. The first-order chi connectivity index (χ1) is 18.4. The van der Waals surface area contributed by atoms with E-state index < -0.39 is 41.9 Å². The van der Waals surface area contributed by atoms with Gasteiger partial charge in [0.1, 0.15) is 18.1 Å². The van der Waals surface area contributed by atoms with Crippen LogP contribution in [0.3, 0.4) is 0 Å². The van der Waals surface area contributed by atoms with Crippen LogP contribution < -0.4 is 21.3 Å². The molecule has 0 saturated carbocycles. The van der Waals surface area contributed by atoms with Crippen LogP contribution in [0.15, 0.2) is 30.3 Å². The molecule has 0 fully saturated rings. The predicted octanol–water partition coefficient (Wildman–Crippen LogP) is 2.62. The summed E-state index contributed by atoms with van der Waals surface area (Å²) in [6, 6.07) is 5.98. The van der Waals surface area contributed by atoms with E-state index in [1.807, 2.05) is 64.3 Å². The quantitative estimate of drug-likeness (QED) is 0.231. The van der Waals surface area contributed by atoms with Gasteiger partial charge in [0.15, 0.2) is 5.78 Å². The fraction of sp³-hybridized carbons (Fsp3) is 0.621. The zero-order valence-corrected chi connectivity index (χ0v) is 25.2. The minimum atomic E-state index is -0.958. The number of amides is 4. The molecule has 1 aromatic rings. The van der Waals surface area contributed by atoms with E-state index in [1.54, 1.807) is 11.8 Å². The molecule has 0 aliphatic heterocycles. The molecule has 0 aliphatic rings. The average Bonchev–Trinajstić information content (AvgIpc) is 2.88. The first-order valence-corrected chi connectivity index (χ1v) is 15.0. The van der Waals surface area contributed by atoms with Crippen LogP contribution in [0, 0.1) is 11.8 Å². The Morgan fingerprint density at radius 3 is 1.90 bits per heavy atom. The third-order valence-electron chi connectivity index (χ3n) is 6.53. The van der Waals surface area contributed by atoms with Gasteiger partial charge in [0.2, 0.25) is 23.6 Å². The molecule has 0 radical (unpaired) electrons. The third-order valence-corrected chi connectivity index (χ3v) is 7.17. The number of Topliss-reactive ketones (excluding diaryl/α,β-unsaturated/α-hetero) is 1. The smallest absolute Gasteiger partial charge is 0.243 e. The van der Waals surface area contributed by atoms with Gasteiger partial charge in [-0.05, 0) is 49.2 Å². The summed E-state index contributed by atoms with van der Waals surface area (Å²) >= 11 is 1.55. The van der Waals surface area contributed by atoms with Gasteiger partial charge in [0.05, 0.1) is 6.04 Å². The SMILES string of the molecule is CCC(C)C(NC(=O)C(CCSC)NC(C)=O)C(=O)NC(Cc1ccccc1)C(=O)NC(CC(C)C)C(C)=O. The lowest BCUT2D eigenvalue weighted by Crippen LogP contribution is -2.59. The van der Waals surface area contributed by atoms with Crippen LogP contribution in [0.5, 0.6) is 0 Å². The summed E-state index contributed by atoms with van der Waals surface area (Å²) in [5.74, 6) is -1.28. The lowest BCUT2D eigenvalue weighted by Gasteiger charge is -2.29. The topological polar surface area (TPSA) is 133 Å². The lowest BCUT2D eigenvalue weighted by atomic mass is 9.96. The highest BCUT2D eigenvalue weighted by Crippen LogP contribution is 2.12. The van der Waals surface area contributed by atoms with Crippen molar-refractivity contribution in [3.63, 3.8) is 0 Å². The van der Waals surface area contributed by atoms with E-state index in [-0.39, 0.29) is 29.9 Å². The molecule has 0 bridgehead atoms. The van der Waals surface area contributed by atoms with Gasteiger partial charge >= 0.3 is 0 Å². The van der Waals surface area contributed by atoms with E-state index >= 15 is 0 Å². The molecule has 4 N–H and O–H groups in total. The van der Waals surface area contributed by atoms with Crippen molar-refractivity contribution in [3.05, 3.63) is 35.9 Å². The Labute approximate surface area is 237 Å². The van der Waals surface area contributed by atoms with Crippen molar-refractivity contribution in [3.8, 4) is 0 Å². The van der Waals surface area contributed by atoms with E-state index in [9.17, 15) is 24.0 Å². The summed E-state index contributed by atoms with van der Waals surface area (Å²) in [6.45, 7) is 10.5. The van der Waals surface area contributed by atoms with Crippen molar-refractivity contribution >= 4 is 41.2 Å². The minimum absolute atomic E-state index is 0.152. The third kappa shape index (κ3) is 12.7. The largest absolute Gasteiger partial charge is 0.345 e. The van der Waals surface area contributed by atoms with Gasteiger partial charge in [-0.3, -0.25) is 24.0 Å². The summed E-state index contributed by atoms with van der Waals surface area (Å²) < 4.78 is 0. The van der Waals surface area contributed by atoms with Crippen LogP contribution in [-0.2, 0) is 30.4 Å². The number of ketones is 1. The molecule has 0 aromatic heterocycles. The number of nitrogens with one attached hydrogen (secondary N) is 4. The Kier molecular flexibility index (Phi) is 15.5. The molecule has 5 unspecified atom stereocenters. The Hall–Kier alpha value is -2.88. The van der Waals surface area contributed by atoms with E-state index in [1.165, 1.54) is 13.8 Å². The molecule has 0 heterocycles. The number of thioether (sulfide) groups is 1. The van der Waals surface area contributed by atoms with Crippen molar-refractivity contribution in [2.24, 2.45) is 11.8 Å². The van der Waals surface area contributed by atoms with Gasteiger partial charge in [-0.25, -0.2) is 0 Å². The second-order valence-electron chi connectivity index (χ2n) is 10.5. The van der Waals surface area contributed by atoms with Crippen molar-refractivity contribution in [1.29, 1.82) is 0 Å². The van der Waals surface area contributed by atoms with Gasteiger partial charge in [-0.15, -0.1) is 0 Å². The molecular formula is C29H46N4O5S. The molecule has 39 heavy (non-hydrogen) atoms. The zero-order valence-electron chi connectivity index (χ0n) is 24.3. The minimum Gasteiger partial charge on any atom is -0.345 e. The molecule has 10 heteroatoms. The van der Waals surface area contributed by atoms with Crippen LogP contribution in [0.2, 0.25) is 0 Å². The second-order valence-corrected chi connectivity index (χ2v) is 11.4. The molecule has 4 amide bonds. The maximum atomic E-state index is 13.6. The fourth-order valence-electron chi connectivity index (χ4n) is 4.10. The first kappa shape index (κ1) is 34.1. The maximum absolute atomic E-state index is 13.6. The molecule has 9 nitrogen and oxygen atoms in total. The highest BCUT2D eigenvalue weighted by atomic mass is 32.2. The number of carbonyl (C=O) groups is 5. The van der Waals surface area contributed by atoms with Crippen LogP contribution in [0.4, 0.5) is 0 Å².